The highest BCUT2D eigenvalue weighted by molar-refractivity contribution is 5.79. The lowest BCUT2D eigenvalue weighted by atomic mass is 9.89. The van der Waals surface area contributed by atoms with E-state index in [1.807, 2.05) is 0 Å². The fraction of sp³-hybridized carbons (Fsp3) is 0.846. The van der Waals surface area contributed by atoms with Gasteiger partial charge < -0.3 is 10.2 Å². The zero-order valence-corrected chi connectivity index (χ0v) is 10.8. The average Bonchev–Trinajstić information content (AvgIpc) is 2.26. The van der Waals surface area contributed by atoms with Gasteiger partial charge in [-0.05, 0) is 6.42 Å². The van der Waals surface area contributed by atoms with Crippen molar-refractivity contribution in [3.8, 4) is 0 Å². The number of hydrogen-bond donors (Lipinski definition) is 2. The Balaban J connectivity index is 3.87. The standard InChI is InChI=1S/C13H24O4/c1-3-4-5-6-7-8-9-11(13(16)17)10(2)12(14)15/h10-11H,3-9H2,1-2H3,(H,14,15)(H,16,17)/t10-,11-/m0/s1. The Hall–Kier alpha value is -1.06. The molecule has 0 bridgehead atoms. The molecule has 0 rings (SSSR count). The third kappa shape index (κ3) is 6.97. The molecule has 4 nitrogen and oxygen atoms in total. The molecular weight excluding hydrogens is 220 g/mol. The van der Waals surface area contributed by atoms with Crippen LogP contribution in [0.2, 0.25) is 0 Å². The van der Waals surface area contributed by atoms with E-state index in [0.29, 0.717) is 6.42 Å². The molecule has 100 valence electrons. The van der Waals surface area contributed by atoms with Crippen molar-refractivity contribution < 1.29 is 19.8 Å². The van der Waals surface area contributed by atoms with Gasteiger partial charge in [-0.25, -0.2) is 0 Å². The van der Waals surface area contributed by atoms with E-state index < -0.39 is 23.8 Å². The molecule has 0 unspecified atom stereocenters. The number of carboxylic acids is 2. The summed E-state index contributed by atoms with van der Waals surface area (Å²) in [6, 6.07) is 0. The summed E-state index contributed by atoms with van der Waals surface area (Å²) in [5.41, 5.74) is 0. The minimum absolute atomic E-state index is 0.467. The number of hydrogen-bond acceptors (Lipinski definition) is 2. The predicted octanol–water partition coefficient (Wildman–Crippen LogP) is 3.16. The van der Waals surface area contributed by atoms with Gasteiger partial charge in [-0.1, -0.05) is 52.4 Å². The van der Waals surface area contributed by atoms with Gasteiger partial charge in [0.1, 0.15) is 0 Å². The molecule has 0 aliphatic carbocycles. The third-order valence-corrected chi connectivity index (χ3v) is 3.18. The Morgan fingerprint density at radius 3 is 1.94 bits per heavy atom. The van der Waals surface area contributed by atoms with Crippen molar-refractivity contribution in [2.24, 2.45) is 11.8 Å². The van der Waals surface area contributed by atoms with Crippen LogP contribution in [0.25, 0.3) is 0 Å². The Bertz CT molecular complexity index is 238. The first kappa shape index (κ1) is 15.9. The lowest BCUT2D eigenvalue weighted by Crippen LogP contribution is -2.27. The quantitative estimate of drug-likeness (QED) is 0.579. The molecule has 0 saturated heterocycles. The first-order valence-corrected chi connectivity index (χ1v) is 6.46. The first-order valence-electron chi connectivity index (χ1n) is 6.46. The van der Waals surface area contributed by atoms with E-state index in [2.05, 4.69) is 6.92 Å². The summed E-state index contributed by atoms with van der Waals surface area (Å²) >= 11 is 0. The van der Waals surface area contributed by atoms with Crippen LogP contribution in [0.15, 0.2) is 0 Å². The van der Waals surface area contributed by atoms with Crippen LogP contribution >= 0.6 is 0 Å². The summed E-state index contributed by atoms with van der Waals surface area (Å²) in [6.07, 6.45) is 6.97. The van der Waals surface area contributed by atoms with Gasteiger partial charge in [0.15, 0.2) is 0 Å². The van der Waals surface area contributed by atoms with Gasteiger partial charge in [0, 0.05) is 0 Å². The molecule has 0 saturated carbocycles. The van der Waals surface area contributed by atoms with E-state index in [1.165, 1.54) is 26.2 Å². The van der Waals surface area contributed by atoms with Crippen LogP contribution < -0.4 is 0 Å². The number of unbranched alkanes of at least 4 members (excludes halogenated alkanes) is 5. The van der Waals surface area contributed by atoms with Gasteiger partial charge in [0.05, 0.1) is 11.8 Å². The van der Waals surface area contributed by atoms with E-state index in [-0.39, 0.29) is 0 Å². The molecule has 0 spiro atoms. The molecule has 0 aliphatic rings. The summed E-state index contributed by atoms with van der Waals surface area (Å²) in [5, 5.41) is 17.8. The largest absolute Gasteiger partial charge is 0.481 e. The van der Waals surface area contributed by atoms with E-state index in [4.69, 9.17) is 10.2 Å². The third-order valence-electron chi connectivity index (χ3n) is 3.18. The molecule has 17 heavy (non-hydrogen) atoms. The van der Waals surface area contributed by atoms with Gasteiger partial charge in [0.2, 0.25) is 0 Å². The highest BCUT2D eigenvalue weighted by atomic mass is 16.4. The molecule has 0 radical (unpaired) electrons. The van der Waals surface area contributed by atoms with Crippen LogP contribution in [0, 0.1) is 11.8 Å². The smallest absolute Gasteiger partial charge is 0.307 e. The zero-order chi connectivity index (χ0) is 13.3. The molecule has 0 fully saturated rings. The number of aliphatic carboxylic acids is 2. The number of rotatable bonds is 10. The van der Waals surface area contributed by atoms with Crippen molar-refractivity contribution in [3.05, 3.63) is 0 Å². The van der Waals surface area contributed by atoms with Crippen LogP contribution in [-0.4, -0.2) is 22.2 Å². The van der Waals surface area contributed by atoms with Crippen LogP contribution in [0.3, 0.4) is 0 Å². The van der Waals surface area contributed by atoms with E-state index >= 15 is 0 Å². The van der Waals surface area contributed by atoms with Crippen molar-refractivity contribution in [2.45, 2.75) is 58.8 Å². The predicted molar refractivity (Wildman–Crippen MR) is 65.9 cm³/mol. The van der Waals surface area contributed by atoms with E-state index in [0.717, 1.165) is 19.3 Å². The second kappa shape index (κ2) is 9.02. The Kier molecular flexibility index (Phi) is 8.46. The van der Waals surface area contributed by atoms with E-state index in [1.54, 1.807) is 0 Å². The van der Waals surface area contributed by atoms with Crippen LogP contribution in [0.1, 0.15) is 58.8 Å². The lowest BCUT2D eigenvalue weighted by Gasteiger charge is -2.16. The Labute approximate surface area is 103 Å². The minimum atomic E-state index is -1.02. The van der Waals surface area contributed by atoms with Crippen molar-refractivity contribution in [1.82, 2.24) is 0 Å². The van der Waals surface area contributed by atoms with E-state index in [9.17, 15) is 9.59 Å². The molecule has 2 N–H and O–H groups in total. The maximum Gasteiger partial charge on any atom is 0.307 e. The first-order chi connectivity index (χ1) is 8.00. The monoisotopic (exact) mass is 244 g/mol. The highest BCUT2D eigenvalue weighted by Crippen LogP contribution is 2.20. The van der Waals surface area contributed by atoms with Gasteiger partial charge >= 0.3 is 11.9 Å². The van der Waals surface area contributed by atoms with Crippen molar-refractivity contribution in [1.29, 1.82) is 0 Å². The van der Waals surface area contributed by atoms with Crippen molar-refractivity contribution in [2.75, 3.05) is 0 Å². The second-order valence-electron chi connectivity index (χ2n) is 4.63. The molecular formula is C13H24O4. The normalized spacial score (nSPS) is 14.2. The molecule has 0 aliphatic heterocycles. The summed E-state index contributed by atoms with van der Waals surface area (Å²) in [7, 11) is 0. The van der Waals surface area contributed by atoms with Crippen molar-refractivity contribution in [3.63, 3.8) is 0 Å². The SMILES string of the molecule is CCCCCCCC[C@H](C(=O)O)[C@H](C)C(=O)O. The van der Waals surface area contributed by atoms with Gasteiger partial charge in [0.25, 0.3) is 0 Å². The molecule has 0 heterocycles. The Morgan fingerprint density at radius 2 is 1.47 bits per heavy atom. The summed E-state index contributed by atoms with van der Waals surface area (Å²) < 4.78 is 0. The number of carbonyl (C=O) groups is 2. The molecule has 4 heteroatoms. The van der Waals surface area contributed by atoms with Gasteiger partial charge in [-0.3, -0.25) is 9.59 Å². The second-order valence-corrected chi connectivity index (χ2v) is 4.63. The molecule has 0 aromatic rings. The van der Waals surface area contributed by atoms with Gasteiger partial charge in [-0.15, -0.1) is 0 Å². The number of carboxylic acid groups (broad SMARTS) is 2. The minimum Gasteiger partial charge on any atom is -0.481 e. The summed E-state index contributed by atoms with van der Waals surface area (Å²) in [4.78, 5) is 21.7. The van der Waals surface area contributed by atoms with Crippen LogP contribution in [0.4, 0.5) is 0 Å². The Morgan fingerprint density at radius 1 is 0.941 bits per heavy atom. The topological polar surface area (TPSA) is 74.6 Å². The maximum atomic E-state index is 10.9. The van der Waals surface area contributed by atoms with Gasteiger partial charge in [-0.2, -0.15) is 0 Å². The lowest BCUT2D eigenvalue weighted by molar-refractivity contribution is -0.153. The summed E-state index contributed by atoms with van der Waals surface area (Å²) in [5.74, 6) is -3.57. The molecule has 0 aromatic heterocycles. The molecule has 2 atom stereocenters. The van der Waals surface area contributed by atoms with Crippen LogP contribution in [0.5, 0.6) is 0 Å². The zero-order valence-electron chi connectivity index (χ0n) is 10.8. The molecule has 0 aromatic carbocycles. The van der Waals surface area contributed by atoms with Crippen molar-refractivity contribution >= 4 is 11.9 Å². The van der Waals surface area contributed by atoms with Crippen LogP contribution in [-0.2, 0) is 9.59 Å². The fourth-order valence-corrected chi connectivity index (χ4v) is 1.90. The fourth-order valence-electron chi connectivity index (χ4n) is 1.90. The average molecular weight is 244 g/mol. The molecule has 0 amide bonds. The maximum absolute atomic E-state index is 10.9. The summed E-state index contributed by atoms with van der Waals surface area (Å²) in [6.45, 7) is 3.62. The highest BCUT2D eigenvalue weighted by Gasteiger charge is 2.29.